The second-order valence-electron chi connectivity index (χ2n) is 6.30. The largest absolute Gasteiger partial charge is 0.246 e. The fraction of sp³-hybridized carbons (Fsp3) is 0.333. The number of sulfonamides is 1. The molecule has 1 fully saturated rings. The Morgan fingerprint density at radius 3 is 2.42 bits per heavy atom. The molecule has 4 rings (SSSR count). The van der Waals surface area contributed by atoms with Gasteiger partial charge in [-0.3, -0.25) is 0 Å². The molecule has 1 aromatic carbocycles. The van der Waals surface area contributed by atoms with Crippen LogP contribution in [-0.2, 0) is 16.4 Å². The Hall–Kier alpha value is -1.61. The number of aryl methyl sites for hydroxylation is 1. The van der Waals surface area contributed by atoms with E-state index < -0.39 is 10.0 Å². The molecule has 0 bridgehead atoms. The van der Waals surface area contributed by atoms with E-state index in [0.29, 0.717) is 18.0 Å². The van der Waals surface area contributed by atoms with Crippen molar-refractivity contribution in [3.8, 4) is 11.3 Å². The van der Waals surface area contributed by atoms with E-state index in [9.17, 15) is 8.42 Å². The standard InChI is InChI=1S/C18H19N3O2S3/c1-13-19-15(11-24-13)10-18-20-17(12-25-18)14-4-6-16(7-5-14)26(22,23)21-8-2-3-9-21/h4-7,11-12H,2-3,8-10H2,1H3. The molecule has 1 aliphatic rings. The molecule has 0 radical (unpaired) electrons. The van der Waals surface area contributed by atoms with Crippen molar-refractivity contribution in [2.45, 2.75) is 31.1 Å². The normalized spacial score (nSPS) is 15.6. The van der Waals surface area contributed by atoms with Gasteiger partial charge in [-0.25, -0.2) is 18.4 Å². The van der Waals surface area contributed by atoms with Gasteiger partial charge >= 0.3 is 0 Å². The van der Waals surface area contributed by atoms with Gasteiger partial charge in [-0.15, -0.1) is 22.7 Å². The highest BCUT2D eigenvalue weighted by Crippen LogP contribution is 2.27. The Morgan fingerprint density at radius 1 is 1.04 bits per heavy atom. The summed E-state index contributed by atoms with van der Waals surface area (Å²) >= 11 is 3.25. The van der Waals surface area contributed by atoms with Crippen LogP contribution in [-0.4, -0.2) is 35.8 Å². The zero-order valence-corrected chi connectivity index (χ0v) is 16.8. The molecule has 0 N–H and O–H groups in total. The van der Waals surface area contributed by atoms with Crippen LogP contribution >= 0.6 is 22.7 Å². The minimum Gasteiger partial charge on any atom is -0.246 e. The van der Waals surface area contributed by atoms with Crippen molar-refractivity contribution >= 4 is 32.7 Å². The third kappa shape index (κ3) is 3.59. The second kappa shape index (κ2) is 7.19. The number of hydrogen-bond donors (Lipinski definition) is 0. The molecule has 0 atom stereocenters. The summed E-state index contributed by atoms with van der Waals surface area (Å²) < 4.78 is 26.8. The van der Waals surface area contributed by atoms with Gasteiger partial charge in [-0.2, -0.15) is 4.31 Å². The highest BCUT2D eigenvalue weighted by molar-refractivity contribution is 7.89. The molecule has 136 valence electrons. The third-order valence-corrected chi connectivity index (χ3v) is 7.99. The van der Waals surface area contributed by atoms with Crippen LogP contribution in [0.2, 0.25) is 0 Å². The summed E-state index contributed by atoms with van der Waals surface area (Å²) in [7, 11) is -3.36. The molecule has 0 aliphatic carbocycles. The fourth-order valence-electron chi connectivity index (χ4n) is 3.04. The number of aromatic nitrogens is 2. The van der Waals surface area contributed by atoms with E-state index in [-0.39, 0.29) is 0 Å². The van der Waals surface area contributed by atoms with E-state index >= 15 is 0 Å². The smallest absolute Gasteiger partial charge is 0.243 e. The first kappa shape index (κ1) is 17.8. The highest BCUT2D eigenvalue weighted by atomic mass is 32.2. The average Bonchev–Trinajstić information content (AvgIpc) is 3.37. The maximum Gasteiger partial charge on any atom is 0.243 e. The molecule has 8 heteroatoms. The quantitative estimate of drug-likeness (QED) is 0.645. The summed E-state index contributed by atoms with van der Waals surface area (Å²) in [6.07, 6.45) is 2.62. The Morgan fingerprint density at radius 2 is 1.77 bits per heavy atom. The van der Waals surface area contributed by atoms with Crippen molar-refractivity contribution in [3.63, 3.8) is 0 Å². The van der Waals surface area contributed by atoms with E-state index in [1.54, 1.807) is 39.1 Å². The van der Waals surface area contributed by atoms with Gasteiger partial charge in [0.15, 0.2) is 0 Å². The van der Waals surface area contributed by atoms with Crippen molar-refractivity contribution in [1.82, 2.24) is 14.3 Å². The van der Waals surface area contributed by atoms with E-state index in [4.69, 9.17) is 0 Å². The molecule has 2 aromatic heterocycles. The Bertz CT molecular complexity index is 1000. The van der Waals surface area contributed by atoms with Crippen LogP contribution in [0.1, 0.15) is 28.6 Å². The number of rotatable bonds is 5. The summed E-state index contributed by atoms with van der Waals surface area (Å²) in [5.74, 6) is 0. The molecule has 26 heavy (non-hydrogen) atoms. The first-order valence-corrected chi connectivity index (χ1v) is 11.7. The van der Waals surface area contributed by atoms with E-state index in [2.05, 4.69) is 15.3 Å². The van der Waals surface area contributed by atoms with Crippen molar-refractivity contribution < 1.29 is 8.42 Å². The van der Waals surface area contributed by atoms with Crippen LogP contribution in [0.15, 0.2) is 39.9 Å². The van der Waals surface area contributed by atoms with Gasteiger partial charge in [0.2, 0.25) is 10.0 Å². The van der Waals surface area contributed by atoms with Gasteiger partial charge in [-0.05, 0) is 31.9 Å². The van der Waals surface area contributed by atoms with Gasteiger partial charge in [0.1, 0.15) is 0 Å². The number of nitrogens with zero attached hydrogens (tertiary/aromatic N) is 3. The highest BCUT2D eigenvalue weighted by Gasteiger charge is 2.27. The monoisotopic (exact) mass is 405 g/mol. The molecule has 0 spiro atoms. The maximum absolute atomic E-state index is 12.6. The van der Waals surface area contributed by atoms with Gasteiger partial charge in [0, 0.05) is 35.8 Å². The molecule has 0 unspecified atom stereocenters. The first-order chi connectivity index (χ1) is 12.5. The lowest BCUT2D eigenvalue weighted by Crippen LogP contribution is -2.27. The van der Waals surface area contributed by atoms with Crippen LogP contribution in [0, 0.1) is 6.92 Å². The van der Waals surface area contributed by atoms with E-state index in [1.165, 1.54) is 0 Å². The van der Waals surface area contributed by atoms with Crippen LogP contribution in [0.5, 0.6) is 0 Å². The Kier molecular flexibility index (Phi) is 4.92. The summed E-state index contributed by atoms with van der Waals surface area (Å²) in [5.41, 5.74) is 2.85. The SMILES string of the molecule is Cc1nc(Cc2nc(-c3ccc(S(=O)(=O)N4CCCC4)cc3)cs2)cs1. The third-order valence-electron chi connectivity index (χ3n) is 4.40. The number of thiazole rings is 2. The average molecular weight is 406 g/mol. The fourth-order valence-corrected chi connectivity index (χ4v) is 5.99. The number of benzene rings is 1. The predicted molar refractivity (Wildman–Crippen MR) is 105 cm³/mol. The van der Waals surface area contributed by atoms with Crippen LogP contribution in [0.3, 0.4) is 0 Å². The van der Waals surface area contributed by atoms with Crippen molar-refractivity contribution in [3.05, 3.63) is 50.7 Å². The molecule has 0 amide bonds. The molecule has 3 heterocycles. The molecule has 1 saturated heterocycles. The van der Waals surface area contributed by atoms with Crippen molar-refractivity contribution in [2.75, 3.05) is 13.1 Å². The minimum absolute atomic E-state index is 0.358. The molecule has 0 saturated carbocycles. The summed E-state index contributed by atoms with van der Waals surface area (Å²) in [4.78, 5) is 9.51. The maximum atomic E-state index is 12.6. The molecular formula is C18H19N3O2S3. The molecule has 3 aromatic rings. The lowest BCUT2D eigenvalue weighted by molar-refractivity contribution is 0.477. The molecular weight excluding hydrogens is 386 g/mol. The van der Waals surface area contributed by atoms with Gasteiger partial charge < -0.3 is 0 Å². The second-order valence-corrected chi connectivity index (χ2v) is 10.2. The lowest BCUT2D eigenvalue weighted by Gasteiger charge is -2.15. The van der Waals surface area contributed by atoms with E-state index in [0.717, 1.165) is 46.2 Å². The minimum atomic E-state index is -3.36. The zero-order valence-electron chi connectivity index (χ0n) is 14.4. The van der Waals surface area contributed by atoms with Crippen LogP contribution in [0.25, 0.3) is 11.3 Å². The van der Waals surface area contributed by atoms with Gasteiger partial charge in [-0.1, -0.05) is 12.1 Å². The Labute approximate surface area is 161 Å². The van der Waals surface area contributed by atoms with Crippen molar-refractivity contribution in [2.24, 2.45) is 0 Å². The first-order valence-electron chi connectivity index (χ1n) is 8.48. The summed E-state index contributed by atoms with van der Waals surface area (Å²) in [6, 6.07) is 7.06. The molecule has 1 aliphatic heterocycles. The number of hydrogen-bond acceptors (Lipinski definition) is 6. The van der Waals surface area contributed by atoms with E-state index in [1.807, 2.05) is 24.4 Å². The summed E-state index contributed by atoms with van der Waals surface area (Å²) in [5, 5.41) is 6.15. The lowest BCUT2D eigenvalue weighted by atomic mass is 10.2. The Balaban J connectivity index is 1.52. The van der Waals surface area contributed by atoms with Crippen molar-refractivity contribution in [1.29, 1.82) is 0 Å². The van der Waals surface area contributed by atoms with Crippen LogP contribution < -0.4 is 0 Å². The van der Waals surface area contributed by atoms with Gasteiger partial charge in [0.25, 0.3) is 0 Å². The molecule has 5 nitrogen and oxygen atoms in total. The van der Waals surface area contributed by atoms with Gasteiger partial charge in [0.05, 0.1) is 26.3 Å². The topological polar surface area (TPSA) is 63.2 Å². The summed E-state index contributed by atoms with van der Waals surface area (Å²) in [6.45, 7) is 3.24. The zero-order chi connectivity index (χ0) is 18.1. The van der Waals surface area contributed by atoms with Crippen LogP contribution in [0.4, 0.5) is 0 Å². The predicted octanol–water partition coefficient (Wildman–Crippen LogP) is 3.95.